The van der Waals surface area contributed by atoms with E-state index in [0.29, 0.717) is 12.1 Å². The molecule has 9 nitrogen and oxygen atoms in total. The number of piperidine rings is 1. The summed E-state index contributed by atoms with van der Waals surface area (Å²) in [5.74, 6) is -2.58. The fourth-order valence-corrected chi connectivity index (χ4v) is 6.26. The lowest BCUT2D eigenvalue weighted by atomic mass is 9.89. The number of aromatic carboxylic acids is 1. The van der Waals surface area contributed by atoms with Crippen LogP contribution in [0.15, 0.2) is 65.8 Å². The number of hydrogen-bond acceptors (Lipinski definition) is 6. The lowest BCUT2D eigenvalue weighted by Gasteiger charge is -2.40. The van der Waals surface area contributed by atoms with Crippen LogP contribution in [-0.4, -0.2) is 59.2 Å². The lowest BCUT2D eigenvalue weighted by Crippen LogP contribution is -2.49. The molecule has 0 bridgehead atoms. The number of anilines is 2. The first kappa shape index (κ1) is 28.7. The number of halogens is 2. The molecular formula is C32H30ClFN4O5. The first-order valence-corrected chi connectivity index (χ1v) is 14.7. The zero-order chi connectivity index (χ0) is 30.1. The second-order valence-corrected chi connectivity index (χ2v) is 11.3. The molecule has 1 fully saturated rings. The molecule has 3 aromatic rings. The minimum Gasteiger partial charge on any atom is -0.478 e. The molecular weight excluding hydrogens is 575 g/mol. The van der Waals surface area contributed by atoms with Crippen LogP contribution in [0.2, 0.25) is 5.02 Å². The number of carboxylic acids is 1. The summed E-state index contributed by atoms with van der Waals surface area (Å²) in [6, 6.07) is 15.3. The molecule has 222 valence electrons. The van der Waals surface area contributed by atoms with E-state index in [4.69, 9.17) is 16.4 Å². The molecule has 3 heterocycles. The molecule has 0 radical (unpaired) electrons. The van der Waals surface area contributed by atoms with E-state index < -0.39 is 35.7 Å². The van der Waals surface area contributed by atoms with Crippen molar-refractivity contribution in [3.05, 3.63) is 93.8 Å². The Morgan fingerprint density at radius 1 is 0.977 bits per heavy atom. The van der Waals surface area contributed by atoms with Crippen LogP contribution in [0.3, 0.4) is 0 Å². The summed E-state index contributed by atoms with van der Waals surface area (Å²) in [4.78, 5) is 48.6. The Bertz CT molecular complexity index is 1610. The SMILES string of the molecule is O=C(O)c1ccc(NC(=O)[C@@H]2c3cccc(N4CCCCC4)c3CCN2C(=O)[C@H]2CC(c3cccc(Cl)c3F)=NO2)cc1. The van der Waals surface area contributed by atoms with E-state index >= 15 is 0 Å². The van der Waals surface area contributed by atoms with E-state index in [1.165, 1.54) is 47.7 Å². The molecule has 6 rings (SSSR count). The van der Waals surface area contributed by atoms with Gasteiger partial charge in [-0.1, -0.05) is 35.0 Å². The molecule has 3 aromatic carbocycles. The lowest BCUT2D eigenvalue weighted by molar-refractivity contribution is -0.148. The monoisotopic (exact) mass is 604 g/mol. The molecule has 3 aliphatic rings. The largest absolute Gasteiger partial charge is 0.478 e. The van der Waals surface area contributed by atoms with Crippen molar-refractivity contribution in [2.75, 3.05) is 29.9 Å². The van der Waals surface area contributed by atoms with Gasteiger partial charge in [-0.05, 0) is 79.3 Å². The molecule has 2 N–H and O–H groups in total. The average Bonchev–Trinajstić information content (AvgIpc) is 3.52. The van der Waals surface area contributed by atoms with Crippen LogP contribution in [0, 0.1) is 5.82 Å². The van der Waals surface area contributed by atoms with Crippen molar-refractivity contribution in [1.29, 1.82) is 0 Å². The Hall–Kier alpha value is -4.44. The number of hydrogen-bond donors (Lipinski definition) is 2. The second-order valence-electron chi connectivity index (χ2n) is 10.9. The number of carboxylic acid groups (broad SMARTS) is 1. The quantitative estimate of drug-likeness (QED) is 0.388. The van der Waals surface area contributed by atoms with Gasteiger partial charge in [0.15, 0.2) is 5.82 Å². The molecule has 1 saturated heterocycles. The standard InChI is InChI=1S/C32H30ClFN4O5/c33-24-8-4-7-23(28(24)34)25-18-27(43-36-25)31(40)38-17-14-21-22(6-5-9-26(21)37-15-2-1-3-16-37)29(38)30(39)35-20-12-10-19(11-13-20)32(41)42/h4-13,27,29H,1-3,14-18H2,(H,35,39)(H,41,42)/t27-,29+/m1/s1. The first-order chi connectivity index (χ1) is 20.8. The normalized spacial score (nSPS) is 19.7. The zero-order valence-corrected chi connectivity index (χ0v) is 24.0. The third-order valence-corrected chi connectivity index (χ3v) is 8.52. The van der Waals surface area contributed by atoms with Gasteiger partial charge in [-0.2, -0.15) is 0 Å². The Labute approximate surface area is 252 Å². The van der Waals surface area contributed by atoms with E-state index in [1.54, 1.807) is 6.07 Å². The molecule has 3 aliphatic heterocycles. The number of nitrogens with one attached hydrogen (secondary N) is 1. The highest BCUT2D eigenvalue weighted by Crippen LogP contribution is 2.38. The van der Waals surface area contributed by atoms with E-state index in [1.807, 2.05) is 12.1 Å². The molecule has 0 spiro atoms. The van der Waals surface area contributed by atoms with Gasteiger partial charge < -0.3 is 25.1 Å². The number of oxime groups is 1. The van der Waals surface area contributed by atoms with Crippen molar-refractivity contribution in [2.45, 2.75) is 44.2 Å². The number of fused-ring (bicyclic) bond motifs is 1. The average molecular weight is 605 g/mol. The summed E-state index contributed by atoms with van der Waals surface area (Å²) in [5, 5.41) is 16.1. The first-order valence-electron chi connectivity index (χ1n) is 14.3. The summed E-state index contributed by atoms with van der Waals surface area (Å²) in [7, 11) is 0. The van der Waals surface area contributed by atoms with Crippen LogP contribution < -0.4 is 10.2 Å². The highest BCUT2D eigenvalue weighted by molar-refractivity contribution is 6.31. The third kappa shape index (κ3) is 5.67. The van der Waals surface area contributed by atoms with Gasteiger partial charge in [0, 0.05) is 43.0 Å². The maximum atomic E-state index is 14.7. The van der Waals surface area contributed by atoms with Gasteiger partial charge in [0.1, 0.15) is 6.04 Å². The Kier molecular flexibility index (Phi) is 8.03. The van der Waals surface area contributed by atoms with Gasteiger partial charge >= 0.3 is 5.97 Å². The van der Waals surface area contributed by atoms with Gasteiger partial charge in [0.25, 0.3) is 11.8 Å². The molecule has 43 heavy (non-hydrogen) atoms. The third-order valence-electron chi connectivity index (χ3n) is 8.23. The van der Waals surface area contributed by atoms with E-state index in [-0.39, 0.29) is 34.8 Å². The Morgan fingerprint density at radius 3 is 2.47 bits per heavy atom. The molecule has 11 heteroatoms. The summed E-state index contributed by atoms with van der Waals surface area (Å²) in [6.07, 6.45) is 2.92. The molecule has 0 saturated carbocycles. The maximum Gasteiger partial charge on any atom is 0.335 e. The van der Waals surface area contributed by atoms with Crippen molar-refractivity contribution in [3.8, 4) is 0 Å². The second kappa shape index (κ2) is 12.0. The maximum absolute atomic E-state index is 14.7. The van der Waals surface area contributed by atoms with Crippen molar-refractivity contribution in [1.82, 2.24) is 4.90 Å². The van der Waals surface area contributed by atoms with Crippen molar-refractivity contribution in [2.24, 2.45) is 5.16 Å². The number of benzene rings is 3. The number of rotatable bonds is 6. The van der Waals surface area contributed by atoms with Gasteiger partial charge in [-0.15, -0.1) is 0 Å². The predicted molar refractivity (Wildman–Crippen MR) is 160 cm³/mol. The van der Waals surface area contributed by atoms with Crippen LogP contribution in [-0.2, 0) is 20.8 Å². The summed E-state index contributed by atoms with van der Waals surface area (Å²) in [5.41, 5.74) is 3.75. The van der Waals surface area contributed by atoms with Crippen molar-refractivity contribution >= 4 is 46.5 Å². The van der Waals surface area contributed by atoms with E-state index in [9.17, 15) is 23.9 Å². The molecule has 2 amide bonds. The minimum atomic E-state index is -1.07. The van der Waals surface area contributed by atoms with Crippen LogP contribution in [0.5, 0.6) is 0 Å². The number of amides is 2. The van der Waals surface area contributed by atoms with Crippen LogP contribution in [0.4, 0.5) is 15.8 Å². The fraction of sp³-hybridized carbons (Fsp3) is 0.312. The van der Waals surface area contributed by atoms with Gasteiger partial charge in [-0.25, -0.2) is 9.18 Å². The Balaban J connectivity index is 1.30. The minimum absolute atomic E-state index is 0.0261. The van der Waals surface area contributed by atoms with Gasteiger partial charge in [-0.3, -0.25) is 9.59 Å². The number of nitrogens with zero attached hydrogens (tertiary/aromatic N) is 3. The highest BCUT2D eigenvalue weighted by Gasteiger charge is 2.42. The zero-order valence-electron chi connectivity index (χ0n) is 23.3. The number of carbonyl (C=O) groups is 3. The molecule has 0 aliphatic carbocycles. The summed E-state index contributed by atoms with van der Waals surface area (Å²) in [6.45, 7) is 2.14. The van der Waals surface area contributed by atoms with Crippen LogP contribution in [0.25, 0.3) is 0 Å². The Morgan fingerprint density at radius 2 is 1.72 bits per heavy atom. The number of carbonyl (C=O) groups excluding carboxylic acids is 2. The van der Waals surface area contributed by atoms with E-state index in [0.717, 1.165) is 42.7 Å². The predicted octanol–water partition coefficient (Wildman–Crippen LogP) is 5.43. The molecule has 2 atom stereocenters. The molecule has 0 unspecified atom stereocenters. The van der Waals surface area contributed by atoms with Gasteiger partial charge in [0.2, 0.25) is 6.10 Å². The van der Waals surface area contributed by atoms with E-state index in [2.05, 4.69) is 21.4 Å². The van der Waals surface area contributed by atoms with Gasteiger partial charge in [0.05, 0.1) is 16.3 Å². The van der Waals surface area contributed by atoms with Crippen molar-refractivity contribution < 1.29 is 28.7 Å². The molecule has 0 aromatic heterocycles. The smallest absolute Gasteiger partial charge is 0.335 e. The summed E-state index contributed by atoms with van der Waals surface area (Å²) < 4.78 is 14.7. The fourth-order valence-electron chi connectivity index (χ4n) is 6.09. The van der Waals surface area contributed by atoms with Crippen LogP contribution >= 0.6 is 11.6 Å². The van der Waals surface area contributed by atoms with Crippen molar-refractivity contribution in [3.63, 3.8) is 0 Å². The highest BCUT2D eigenvalue weighted by atomic mass is 35.5. The topological polar surface area (TPSA) is 112 Å². The van der Waals surface area contributed by atoms with Crippen LogP contribution in [0.1, 0.15) is 58.8 Å². The summed E-state index contributed by atoms with van der Waals surface area (Å²) >= 11 is 5.95.